The lowest BCUT2D eigenvalue weighted by molar-refractivity contribution is 0.401. The van der Waals surface area contributed by atoms with Crippen LogP contribution in [0.4, 0.5) is 0 Å². The van der Waals surface area contributed by atoms with E-state index >= 15 is 0 Å². The normalized spacial score (nSPS) is 11.5. The standard InChI is InChI=1S/C15H9O9P/c16-7-4-10(19)12-11(5-7)23-14(15(13(12)20)24-25(21)22)6-1-2-8(17)9(18)3-6/h1-5H,(H4-,16,17,18,19,20,21,22)/p+1. The van der Waals surface area contributed by atoms with E-state index in [1.807, 2.05) is 0 Å². The summed E-state index contributed by atoms with van der Waals surface area (Å²) in [7, 11) is -3.24. The van der Waals surface area contributed by atoms with Gasteiger partial charge in [-0.2, -0.15) is 0 Å². The van der Waals surface area contributed by atoms with Crippen LogP contribution in [0.25, 0.3) is 22.3 Å². The predicted octanol–water partition coefficient (Wildman–Crippen LogP) is 2.31. The van der Waals surface area contributed by atoms with Crippen molar-refractivity contribution >= 4 is 19.2 Å². The van der Waals surface area contributed by atoms with Gasteiger partial charge in [-0.15, -0.1) is 4.89 Å². The average Bonchev–Trinajstić information content (AvgIpc) is 2.51. The molecule has 10 heteroatoms. The van der Waals surface area contributed by atoms with E-state index < -0.39 is 36.7 Å². The molecule has 0 bridgehead atoms. The Labute approximate surface area is 139 Å². The minimum absolute atomic E-state index is 0.0454. The van der Waals surface area contributed by atoms with E-state index in [2.05, 4.69) is 4.52 Å². The summed E-state index contributed by atoms with van der Waals surface area (Å²) in [5.41, 5.74) is -1.13. The summed E-state index contributed by atoms with van der Waals surface area (Å²) >= 11 is 0. The highest BCUT2D eigenvalue weighted by molar-refractivity contribution is 7.32. The zero-order valence-corrected chi connectivity index (χ0v) is 13.1. The van der Waals surface area contributed by atoms with E-state index in [0.717, 1.165) is 24.3 Å². The smallest absolute Gasteiger partial charge is 0.508 e. The third-order valence-corrected chi connectivity index (χ3v) is 3.66. The number of phenols is 4. The van der Waals surface area contributed by atoms with E-state index in [0.29, 0.717) is 0 Å². The molecule has 0 saturated heterocycles. The molecule has 9 nitrogen and oxygen atoms in total. The summed E-state index contributed by atoms with van der Waals surface area (Å²) in [4.78, 5) is 21.6. The third kappa shape index (κ3) is 2.93. The molecular formula is C15H10O9P+. The first kappa shape index (κ1) is 16.6. The Morgan fingerprint density at radius 1 is 0.960 bits per heavy atom. The maximum atomic E-state index is 12.6. The molecule has 0 saturated carbocycles. The van der Waals surface area contributed by atoms with Gasteiger partial charge in [0.1, 0.15) is 22.5 Å². The second-order valence-electron chi connectivity index (χ2n) is 4.96. The van der Waals surface area contributed by atoms with Crippen LogP contribution in [0.1, 0.15) is 0 Å². The quantitative estimate of drug-likeness (QED) is 0.347. The van der Waals surface area contributed by atoms with Crippen LogP contribution >= 0.6 is 8.25 Å². The van der Waals surface area contributed by atoms with Crippen LogP contribution in [0.2, 0.25) is 0 Å². The fourth-order valence-corrected chi connectivity index (χ4v) is 2.61. The summed E-state index contributed by atoms with van der Waals surface area (Å²) in [6.45, 7) is 0. The van der Waals surface area contributed by atoms with Crippen LogP contribution in [0.3, 0.4) is 0 Å². The lowest BCUT2D eigenvalue weighted by Crippen LogP contribution is -2.07. The van der Waals surface area contributed by atoms with Crippen molar-refractivity contribution < 1.29 is 38.8 Å². The fourth-order valence-electron chi connectivity index (χ4n) is 2.28. The number of hydrogen-bond donors (Lipinski definition) is 5. The molecule has 0 radical (unpaired) electrons. The lowest BCUT2D eigenvalue weighted by Gasteiger charge is -2.08. The summed E-state index contributed by atoms with van der Waals surface area (Å²) in [6, 6.07) is 5.37. The molecule has 128 valence electrons. The van der Waals surface area contributed by atoms with Gasteiger partial charge < -0.3 is 24.8 Å². The second-order valence-corrected chi connectivity index (χ2v) is 5.62. The van der Waals surface area contributed by atoms with Gasteiger partial charge in [-0.3, -0.25) is 4.79 Å². The van der Waals surface area contributed by atoms with Crippen molar-refractivity contribution in [2.24, 2.45) is 0 Å². The third-order valence-electron chi connectivity index (χ3n) is 3.32. The number of phenolic OH excluding ortho intramolecular Hbond substituents is 4. The first-order chi connectivity index (χ1) is 11.8. The molecule has 0 amide bonds. The Bertz CT molecular complexity index is 1070. The number of fused-ring (bicyclic) bond motifs is 1. The molecule has 3 rings (SSSR count). The van der Waals surface area contributed by atoms with E-state index in [-0.39, 0.29) is 28.0 Å². The van der Waals surface area contributed by atoms with Crippen molar-refractivity contribution in [2.75, 3.05) is 0 Å². The van der Waals surface area contributed by atoms with Crippen molar-refractivity contribution in [1.82, 2.24) is 0 Å². The maximum absolute atomic E-state index is 12.6. The van der Waals surface area contributed by atoms with Crippen molar-refractivity contribution in [1.29, 1.82) is 0 Å². The van der Waals surface area contributed by atoms with E-state index in [4.69, 9.17) is 9.31 Å². The largest absolute Gasteiger partial charge is 0.747 e. The van der Waals surface area contributed by atoms with Gasteiger partial charge in [0.25, 0.3) is 5.75 Å². The molecule has 0 aliphatic heterocycles. The van der Waals surface area contributed by atoms with Gasteiger partial charge in [0.2, 0.25) is 5.43 Å². The maximum Gasteiger partial charge on any atom is 0.747 e. The SMILES string of the molecule is O=c1c(O[P+](=O)O)c(-c2ccc(O)c(O)c2)oc2cc(O)cc(O)c12. The van der Waals surface area contributed by atoms with Crippen LogP contribution in [0, 0.1) is 0 Å². The molecular weight excluding hydrogens is 355 g/mol. The minimum Gasteiger partial charge on any atom is -0.508 e. The van der Waals surface area contributed by atoms with Crippen molar-refractivity contribution in [3.63, 3.8) is 0 Å². The molecule has 2 aromatic carbocycles. The van der Waals surface area contributed by atoms with Crippen molar-refractivity contribution in [2.45, 2.75) is 0 Å². The van der Waals surface area contributed by atoms with Gasteiger partial charge in [0, 0.05) is 22.3 Å². The second kappa shape index (κ2) is 5.97. The molecule has 0 aliphatic rings. The van der Waals surface area contributed by atoms with E-state index in [1.54, 1.807) is 0 Å². The first-order valence-electron chi connectivity index (χ1n) is 6.67. The highest BCUT2D eigenvalue weighted by atomic mass is 31.1. The Hall–Kier alpha value is -3.29. The molecule has 0 aliphatic carbocycles. The minimum atomic E-state index is -3.24. The predicted molar refractivity (Wildman–Crippen MR) is 85.0 cm³/mol. The van der Waals surface area contributed by atoms with E-state index in [1.165, 1.54) is 6.07 Å². The lowest BCUT2D eigenvalue weighted by atomic mass is 10.1. The van der Waals surface area contributed by atoms with E-state index in [9.17, 15) is 29.8 Å². The molecule has 25 heavy (non-hydrogen) atoms. The Balaban J connectivity index is 2.41. The van der Waals surface area contributed by atoms with Crippen LogP contribution < -0.4 is 9.95 Å². The highest BCUT2D eigenvalue weighted by Crippen LogP contribution is 2.39. The molecule has 5 N–H and O–H groups in total. The zero-order valence-electron chi connectivity index (χ0n) is 12.2. The van der Waals surface area contributed by atoms with Gasteiger partial charge in [-0.25, -0.2) is 4.52 Å². The van der Waals surface area contributed by atoms with Crippen molar-refractivity contribution in [3.8, 4) is 40.1 Å². The van der Waals surface area contributed by atoms with Crippen LogP contribution in [-0.2, 0) is 4.57 Å². The Morgan fingerprint density at radius 2 is 1.68 bits per heavy atom. The molecule has 1 unspecified atom stereocenters. The summed E-state index contributed by atoms with van der Waals surface area (Å²) in [5, 5.41) is 38.0. The summed E-state index contributed by atoms with van der Waals surface area (Å²) < 4.78 is 21.1. The molecule has 1 aromatic heterocycles. The van der Waals surface area contributed by atoms with Gasteiger partial charge in [-0.05, 0) is 18.2 Å². The van der Waals surface area contributed by atoms with Gasteiger partial charge in [0.05, 0.1) is 0 Å². The zero-order chi connectivity index (χ0) is 18.3. The molecule has 0 fully saturated rings. The molecule has 1 heterocycles. The van der Waals surface area contributed by atoms with Gasteiger partial charge >= 0.3 is 8.25 Å². The Kier molecular flexibility index (Phi) is 3.96. The molecule has 0 spiro atoms. The average molecular weight is 365 g/mol. The number of aromatic hydroxyl groups is 4. The number of benzene rings is 2. The van der Waals surface area contributed by atoms with Crippen LogP contribution in [0.15, 0.2) is 39.5 Å². The highest BCUT2D eigenvalue weighted by Gasteiger charge is 2.28. The molecule has 3 aromatic rings. The van der Waals surface area contributed by atoms with Gasteiger partial charge in [0.15, 0.2) is 17.3 Å². The topological polar surface area (TPSA) is 158 Å². The first-order valence-corrected chi connectivity index (χ1v) is 7.80. The summed E-state index contributed by atoms with van der Waals surface area (Å²) in [5.74, 6) is -2.97. The number of rotatable bonds is 3. The molecule has 1 atom stereocenters. The van der Waals surface area contributed by atoms with Crippen molar-refractivity contribution in [3.05, 3.63) is 40.6 Å². The van der Waals surface area contributed by atoms with Gasteiger partial charge in [-0.1, -0.05) is 0 Å². The number of hydrogen-bond acceptors (Lipinski definition) is 8. The summed E-state index contributed by atoms with van der Waals surface area (Å²) in [6.07, 6.45) is 0. The van der Waals surface area contributed by atoms with Crippen LogP contribution in [0.5, 0.6) is 28.7 Å². The van der Waals surface area contributed by atoms with Crippen LogP contribution in [-0.4, -0.2) is 25.3 Å². The monoisotopic (exact) mass is 365 g/mol. The fraction of sp³-hybridized carbons (Fsp3) is 0. The Morgan fingerprint density at radius 3 is 2.32 bits per heavy atom.